The maximum atomic E-state index is 12.4. The fourth-order valence-electron chi connectivity index (χ4n) is 5.41. The number of hydrogen-bond acceptors (Lipinski definition) is 21. The zero-order valence-electron chi connectivity index (χ0n) is 33.5. The number of amides is 6. The van der Waals surface area contributed by atoms with Gasteiger partial charge in [0.1, 0.15) is 55.3 Å². The molecule has 0 spiro atoms. The van der Waals surface area contributed by atoms with Crippen LogP contribution in [0.1, 0.15) is 26.7 Å². The Kier molecular flexibility index (Phi) is 23.8. The van der Waals surface area contributed by atoms with Gasteiger partial charge in [0.2, 0.25) is 23.6 Å². The molecule has 0 aromatic heterocycles. The minimum atomic E-state index is -4.59. The largest absolute Gasteiger partial charge is 0.472 e. The standard InChI is InChI=1S/C32H57N6O22P/c1-16(41)37-23-27(47)25(45)19(12-39)59-29(23)54-8-4-6-33-21(43)10-35-31(49)56-14-18(15-57-61(51,52)53-3)58-32(50)36-11-22(44)34-7-5-9-55-30-24(38-17(2)42)28(48)26(46)20(13-40)60-30/h18-20,23-30,39-40,45-48H,4-15H2,1-3H3,(H,33,43)(H,34,44)(H,35,49)(H,36,50)(H,37,41)(H,38,42)(H,51,52)/t18?,19-,20-,23-,24-,25+,26+,27-,28-,29-,30-/m1/s1. The van der Waals surface area contributed by atoms with Gasteiger partial charge in [-0.2, -0.15) is 0 Å². The van der Waals surface area contributed by atoms with Gasteiger partial charge in [0, 0.05) is 34.0 Å². The Balaban J connectivity index is 1.73. The summed E-state index contributed by atoms with van der Waals surface area (Å²) in [7, 11) is -3.72. The summed E-state index contributed by atoms with van der Waals surface area (Å²) in [4.78, 5) is 81.8. The first kappa shape index (κ1) is 53.3. The van der Waals surface area contributed by atoms with Gasteiger partial charge in [-0.1, -0.05) is 0 Å². The topological polar surface area (TPSA) is 407 Å². The molecule has 0 aromatic carbocycles. The number of rotatable bonds is 25. The average molecular weight is 909 g/mol. The quantitative estimate of drug-likeness (QED) is 0.0299. The van der Waals surface area contributed by atoms with Crippen LogP contribution in [-0.4, -0.2) is 212 Å². The lowest BCUT2D eigenvalue weighted by Gasteiger charge is -2.42. The van der Waals surface area contributed by atoms with Crippen molar-refractivity contribution in [3.8, 4) is 0 Å². The molecule has 13 N–H and O–H groups in total. The molecule has 2 fully saturated rings. The highest BCUT2D eigenvalue weighted by Gasteiger charge is 2.46. The lowest BCUT2D eigenvalue weighted by Crippen LogP contribution is -2.64. The van der Waals surface area contributed by atoms with E-state index in [0.717, 1.165) is 7.11 Å². The van der Waals surface area contributed by atoms with Gasteiger partial charge in [-0.25, -0.2) is 14.2 Å². The van der Waals surface area contributed by atoms with Crippen molar-refractivity contribution >= 4 is 43.6 Å². The first-order chi connectivity index (χ1) is 28.8. The number of phosphoric ester groups is 1. The van der Waals surface area contributed by atoms with Crippen LogP contribution < -0.4 is 31.9 Å². The van der Waals surface area contributed by atoms with E-state index < -0.39 is 151 Å². The lowest BCUT2D eigenvalue weighted by molar-refractivity contribution is -0.270. The normalized spacial score (nSPS) is 27.6. The number of carbonyl (C=O) groups excluding carboxylic acids is 6. The van der Waals surface area contributed by atoms with Gasteiger partial charge in [0.25, 0.3) is 0 Å². The summed E-state index contributed by atoms with van der Waals surface area (Å²) in [5.74, 6) is -2.44. The zero-order valence-corrected chi connectivity index (χ0v) is 34.4. The van der Waals surface area contributed by atoms with Gasteiger partial charge < -0.3 is 95.9 Å². The molecule has 61 heavy (non-hydrogen) atoms. The van der Waals surface area contributed by atoms with Crippen molar-refractivity contribution < 1.29 is 106 Å². The number of ether oxygens (including phenoxy) is 6. The number of phosphoric acid groups is 1. The van der Waals surface area contributed by atoms with E-state index in [0.29, 0.717) is 0 Å². The maximum absolute atomic E-state index is 12.4. The van der Waals surface area contributed by atoms with E-state index in [1.807, 2.05) is 0 Å². The Bertz CT molecular complexity index is 1470. The second kappa shape index (κ2) is 27.2. The monoisotopic (exact) mass is 908 g/mol. The molecule has 0 bridgehead atoms. The molecule has 28 nitrogen and oxygen atoms in total. The fourth-order valence-corrected chi connectivity index (χ4v) is 5.87. The van der Waals surface area contributed by atoms with Crippen LogP contribution in [0.15, 0.2) is 0 Å². The van der Waals surface area contributed by atoms with Crippen molar-refractivity contribution in [2.24, 2.45) is 0 Å². The second-order valence-corrected chi connectivity index (χ2v) is 14.9. The zero-order chi connectivity index (χ0) is 45.7. The summed E-state index contributed by atoms with van der Waals surface area (Å²) in [6.45, 7) is -1.78. The fraction of sp³-hybridized carbons (Fsp3) is 0.812. The second-order valence-electron chi connectivity index (χ2n) is 13.3. The Morgan fingerprint density at radius 3 is 1.52 bits per heavy atom. The summed E-state index contributed by atoms with van der Waals surface area (Å²) >= 11 is 0. The van der Waals surface area contributed by atoms with Gasteiger partial charge in [0.05, 0.1) is 46.1 Å². The summed E-state index contributed by atoms with van der Waals surface area (Å²) in [5, 5.41) is 73.6. The summed E-state index contributed by atoms with van der Waals surface area (Å²) in [6.07, 6.45) is -14.4. The van der Waals surface area contributed by atoms with Crippen LogP contribution in [0.25, 0.3) is 0 Å². The molecule has 12 atom stereocenters. The Morgan fingerprint density at radius 1 is 0.672 bits per heavy atom. The molecule has 2 heterocycles. The molecular weight excluding hydrogens is 851 g/mol. The van der Waals surface area contributed by atoms with E-state index in [9.17, 15) is 68.9 Å². The number of hydrogen-bond donors (Lipinski definition) is 13. The van der Waals surface area contributed by atoms with E-state index in [2.05, 4.69) is 36.4 Å². The van der Waals surface area contributed by atoms with Crippen LogP contribution in [0.5, 0.6) is 0 Å². The molecule has 2 rings (SSSR count). The molecule has 0 radical (unpaired) electrons. The Hall–Kier alpha value is -3.87. The van der Waals surface area contributed by atoms with Gasteiger partial charge in [0.15, 0.2) is 18.7 Å². The Morgan fingerprint density at radius 2 is 1.11 bits per heavy atom. The van der Waals surface area contributed by atoms with E-state index in [-0.39, 0.29) is 39.1 Å². The van der Waals surface area contributed by atoms with Crippen LogP contribution in [0.3, 0.4) is 0 Å². The Labute approximate surface area is 348 Å². The van der Waals surface area contributed by atoms with Crippen molar-refractivity contribution in [3.05, 3.63) is 0 Å². The first-order valence-electron chi connectivity index (χ1n) is 18.8. The third kappa shape index (κ3) is 19.4. The van der Waals surface area contributed by atoms with Gasteiger partial charge in [-0.15, -0.1) is 0 Å². The van der Waals surface area contributed by atoms with E-state index in [1.54, 1.807) is 0 Å². The van der Waals surface area contributed by atoms with Crippen LogP contribution in [0, 0.1) is 0 Å². The number of carbonyl (C=O) groups is 6. The van der Waals surface area contributed by atoms with Gasteiger partial charge >= 0.3 is 20.0 Å². The van der Waals surface area contributed by atoms with Crippen molar-refractivity contribution in [1.82, 2.24) is 31.9 Å². The highest BCUT2D eigenvalue weighted by molar-refractivity contribution is 7.47. The smallest absolute Gasteiger partial charge is 0.446 e. The van der Waals surface area contributed by atoms with Crippen LogP contribution in [0.4, 0.5) is 9.59 Å². The summed E-state index contributed by atoms with van der Waals surface area (Å²) in [5.41, 5.74) is 0. The SMILES string of the molecule is COP(=O)(O)OCC(COC(=O)NCC(=O)NCCCO[C@@H]1O[C@H](CO)[C@H](O)[C@H](O)[C@H]1NC(C)=O)OC(=O)NCC(=O)NCCCO[C@@H]1O[C@H](CO)[C@H](O)[C@H](O)[C@H]1NC(C)=O. The molecule has 6 amide bonds. The van der Waals surface area contributed by atoms with Gasteiger partial charge in [-0.3, -0.25) is 28.2 Å². The third-order valence-electron chi connectivity index (χ3n) is 8.47. The van der Waals surface area contributed by atoms with Crippen molar-refractivity contribution in [1.29, 1.82) is 0 Å². The molecule has 2 saturated heterocycles. The van der Waals surface area contributed by atoms with Gasteiger partial charge in [-0.05, 0) is 12.8 Å². The predicted octanol–water partition coefficient (Wildman–Crippen LogP) is -6.50. The molecule has 0 saturated carbocycles. The van der Waals surface area contributed by atoms with Crippen molar-refractivity contribution in [2.45, 2.75) is 94.1 Å². The number of aliphatic hydroxyl groups is 6. The van der Waals surface area contributed by atoms with Crippen LogP contribution >= 0.6 is 7.82 Å². The predicted molar refractivity (Wildman–Crippen MR) is 198 cm³/mol. The first-order valence-corrected chi connectivity index (χ1v) is 20.3. The minimum absolute atomic E-state index is 0.0123. The van der Waals surface area contributed by atoms with E-state index >= 15 is 0 Å². The highest BCUT2D eigenvalue weighted by Crippen LogP contribution is 2.42. The lowest BCUT2D eigenvalue weighted by atomic mass is 9.97. The maximum Gasteiger partial charge on any atom is 0.472 e. The average Bonchev–Trinajstić information content (AvgIpc) is 3.21. The molecule has 2 unspecified atom stereocenters. The van der Waals surface area contributed by atoms with Crippen LogP contribution in [-0.2, 0) is 61.2 Å². The third-order valence-corrected chi connectivity index (χ3v) is 9.40. The molecule has 352 valence electrons. The summed E-state index contributed by atoms with van der Waals surface area (Å²) < 4.78 is 52.7. The number of alkyl carbamates (subject to hydrolysis) is 2. The van der Waals surface area contributed by atoms with E-state index in [4.69, 9.17) is 32.9 Å². The number of aliphatic hydroxyl groups excluding tert-OH is 6. The minimum Gasteiger partial charge on any atom is -0.446 e. The highest BCUT2D eigenvalue weighted by atomic mass is 31.2. The van der Waals surface area contributed by atoms with E-state index in [1.165, 1.54) is 13.8 Å². The molecule has 0 aliphatic carbocycles. The molecule has 2 aliphatic heterocycles. The van der Waals surface area contributed by atoms with Crippen molar-refractivity contribution in [2.75, 3.05) is 72.9 Å². The summed E-state index contributed by atoms with van der Waals surface area (Å²) in [6, 6.07) is -2.30. The van der Waals surface area contributed by atoms with Crippen molar-refractivity contribution in [3.63, 3.8) is 0 Å². The molecule has 29 heteroatoms. The number of nitrogens with one attached hydrogen (secondary N) is 6. The molecule has 0 aromatic rings. The van der Waals surface area contributed by atoms with Crippen LogP contribution in [0.2, 0.25) is 0 Å². The molecular formula is C32H57N6O22P. The molecule has 2 aliphatic rings.